The van der Waals surface area contributed by atoms with Gasteiger partial charge in [-0.2, -0.15) is 0 Å². The normalized spacial score (nSPS) is 25.9. The molecule has 1 saturated heterocycles. The summed E-state index contributed by atoms with van der Waals surface area (Å²) >= 11 is 0. The van der Waals surface area contributed by atoms with E-state index in [0.29, 0.717) is 34.8 Å². The minimum Gasteiger partial charge on any atom is -0.493 e. The highest BCUT2D eigenvalue weighted by molar-refractivity contribution is 5.96. The number of amides is 2. The first-order chi connectivity index (χ1) is 17.8. The van der Waals surface area contributed by atoms with Gasteiger partial charge < -0.3 is 39.7 Å². The van der Waals surface area contributed by atoms with Gasteiger partial charge in [-0.1, -0.05) is 5.57 Å². The molecule has 0 saturated carbocycles. The Balaban J connectivity index is 1.80. The zero-order valence-electron chi connectivity index (χ0n) is 21.5. The number of fused-ring (bicyclic) bond motifs is 3. The lowest BCUT2D eigenvalue weighted by Gasteiger charge is -2.41. The van der Waals surface area contributed by atoms with Crippen LogP contribution < -0.4 is 14.8 Å². The third-order valence-corrected chi connectivity index (χ3v) is 6.97. The molecular weight excluding hydrogens is 480 g/mol. The van der Waals surface area contributed by atoms with Gasteiger partial charge in [-0.25, -0.2) is 0 Å². The van der Waals surface area contributed by atoms with Gasteiger partial charge in [-0.3, -0.25) is 9.59 Å². The molecule has 37 heavy (non-hydrogen) atoms. The summed E-state index contributed by atoms with van der Waals surface area (Å²) in [6.45, 7) is 4.08. The van der Waals surface area contributed by atoms with Gasteiger partial charge in [0.05, 0.1) is 38.4 Å². The second kappa shape index (κ2) is 11.6. The first-order valence-electron chi connectivity index (χ1n) is 12.6. The Bertz CT molecular complexity index is 1070. The molecule has 2 aliphatic heterocycles. The summed E-state index contributed by atoms with van der Waals surface area (Å²) in [4.78, 5) is 28.2. The van der Waals surface area contributed by atoms with E-state index in [-0.39, 0.29) is 38.3 Å². The van der Waals surface area contributed by atoms with E-state index in [4.69, 9.17) is 14.2 Å². The lowest BCUT2D eigenvalue weighted by atomic mass is 9.77. The molecule has 1 aliphatic carbocycles. The van der Waals surface area contributed by atoms with Crippen LogP contribution in [0.5, 0.6) is 11.5 Å². The molecule has 5 atom stereocenters. The predicted molar refractivity (Wildman–Crippen MR) is 134 cm³/mol. The highest BCUT2D eigenvalue weighted by Crippen LogP contribution is 2.51. The average molecular weight is 517 g/mol. The number of aliphatic hydroxyl groups is 3. The van der Waals surface area contributed by atoms with Gasteiger partial charge in [-0.15, -0.1) is 0 Å². The molecule has 1 aromatic carbocycles. The third-order valence-electron chi connectivity index (χ3n) is 6.97. The Morgan fingerprint density at radius 3 is 2.68 bits per heavy atom. The Kier molecular flexibility index (Phi) is 8.53. The second-order valence-corrected chi connectivity index (χ2v) is 9.86. The summed E-state index contributed by atoms with van der Waals surface area (Å²) in [5.74, 6) is -0.621. The highest BCUT2D eigenvalue weighted by atomic mass is 16.5. The van der Waals surface area contributed by atoms with Crippen LogP contribution >= 0.6 is 0 Å². The van der Waals surface area contributed by atoms with Crippen LogP contribution in [0.4, 0.5) is 0 Å². The molecule has 10 nitrogen and oxygen atoms in total. The molecule has 10 heteroatoms. The Hall–Kier alpha value is -2.92. The van der Waals surface area contributed by atoms with Gasteiger partial charge in [-0.05, 0) is 50.5 Å². The van der Waals surface area contributed by atoms with Crippen LogP contribution in [-0.4, -0.2) is 89.8 Å². The fourth-order valence-electron chi connectivity index (χ4n) is 5.32. The van der Waals surface area contributed by atoms with Crippen LogP contribution in [-0.2, 0) is 20.9 Å². The minimum absolute atomic E-state index is 0.0464. The molecule has 0 bridgehead atoms. The monoisotopic (exact) mass is 516 g/mol. The van der Waals surface area contributed by atoms with Crippen molar-refractivity contribution in [3.63, 3.8) is 0 Å². The van der Waals surface area contributed by atoms with E-state index in [9.17, 15) is 24.9 Å². The van der Waals surface area contributed by atoms with E-state index in [0.717, 1.165) is 18.4 Å². The van der Waals surface area contributed by atoms with E-state index < -0.39 is 30.1 Å². The molecule has 4 N–H and O–H groups in total. The number of carbonyl (C=O) groups excluding carboxylic acids is 2. The van der Waals surface area contributed by atoms with E-state index in [2.05, 4.69) is 5.32 Å². The van der Waals surface area contributed by atoms with Crippen LogP contribution in [0.3, 0.4) is 0 Å². The van der Waals surface area contributed by atoms with Crippen molar-refractivity contribution in [1.29, 1.82) is 0 Å². The summed E-state index contributed by atoms with van der Waals surface area (Å²) in [7, 11) is 1.48. The van der Waals surface area contributed by atoms with Crippen LogP contribution in [0.25, 0.3) is 0 Å². The molecular formula is C27H36N2O8. The van der Waals surface area contributed by atoms with E-state index in [1.165, 1.54) is 13.2 Å². The number of aliphatic hydroxyl groups excluding tert-OH is 3. The number of ether oxygens (including phenoxy) is 3. The zero-order valence-corrected chi connectivity index (χ0v) is 21.5. The highest BCUT2D eigenvalue weighted by Gasteiger charge is 2.51. The van der Waals surface area contributed by atoms with Crippen molar-refractivity contribution in [3.8, 4) is 11.5 Å². The number of nitrogens with one attached hydrogen (secondary N) is 1. The van der Waals surface area contributed by atoms with Gasteiger partial charge in [0, 0.05) is 36.9 Å². The topological polar surface area (TPSA) is 138 Å². The van der Waals surface area contributed by atoms with Crippen LogP contribution in [0.1, 0.15) is 43.7 Å². The maximum atomic E-state index is 13.4. The number of hydrogen-bond donors (Lipinski definition) is 4. The molecule has 1 aromatic rings. The zero-order chi connectivity index (χ0) is 26.7. The number of hydrogen-bond acceptors (Lipinski definition) is 8. The first-order valence-corrected chi connectivity index (χ1v) is 12.6. The predicted octanol–water partition coefficient (Wildman–Crippen LogP) is 0.784. The fourth-order valence-corrected chi connectivity index (χ4v) is 5.32. The van der Waals surface area contributed by atoms with E-state index in [1.807, 2.05) is 13.8 Å². The van der Waals surface area contributed by atoms with Crippen molar-refractivity contribution in [2.45, 2.75) is 63.6 Å². The molecule has 0 radical (unpaired) electrons. The Morgan fingerprint density at radius 1 is 1.27 bits per heavy atom. The quantitative estimate of drug-likeness (QED) is 0.354. The molecule has 3 aliphatic rings. The molecule has 4 rings (SSSR count). The van der Waals surface area contributed by atoms with Crippen molar-refractivity contribution in [2.24, 2.45) is 0 Å². The maximum absolute atomic E-state index is 13.4. The number of methoxy groups -OCH3 is 1. The largest absolute Gasteiger partial charge is 0.493 e. The molecule has 0 unspecified atom stereocenters. The standard InChI is InChI=1S/C27H36N2O8/c1-15(2)9-22(32)29(13-17-5-4-8-36-17)20-12-19(27(34)28-6-7-30)23-18-10-16(14-31)11-21(35-3)25(18)37-26(23)24(20)33/h9-12,17,20,23-24,26,30-31,33H,4-8,13-14H2,1-3H3,(H,28,34)/t17-,20-,23+,24+,26+/m1/s1. The summed E-state index contributed by atoms with van der Waals surface area (Å²) in [6, 6.07) is 2.53. The van der Waals surface area contributed by atoms with Gasteiger partial charge in [0.15, 0.2) is 11.5 Å². The smallest absolute Gasteiger partial charge is 0.247 e. The van der Waals surface area contributed by atoms with Crippen molar-refractivity contribution >= 4 is 11.8 Å². The molecule has 0 aromatic heterocycles. The van der Waals surface area contributed by atoms with Gasteiger partial charge in [0.1, 0.15) is 12.2 Å². The minimum atomic E-state index is -1.16. The molecule has 202 valence electrons. The number of benzene rings is 1. The summed E-state index contributed by atoms with van der Waals surface area (Å²) in [5.41, 5.74) is 2.30. The lowest BCUT2D eigenvalue weighted by molar-refractivity contribution is -0.134. The number of allylic oxidation sites excluding steroid dienone is 1. The fraction of sp³-hybridized carbons (Fsp3) is 0.556. The molecule has 2 heterocycles. The van der Waals surface area contributed by atoms with Crippen LogP contribution in [0.2, 0.25) is 0 Å². The summed E-state index contributed by atoms with van der Waals surface area (Å²) < 4.78 is 17.5. The summed E-state index contributed by atoms with van der Waals surface area (Å²) in [5, 5.41) is 33.4. The Labute approximate surface area is 216 Å². The van der Waals surface area contributed by atoms with Gasteiger partial charge in [0.2, 0.25) is 11.8 Å². The Morgan fingerprint density at radius 2 is 2.05 bits per heavy atom. The van der Waals surface area contributed by atoms with Crippen molar-refractivity contribution in [1.82, 2.24) is 10.2 Å². The van der Waals surface area contributed by atoms with Crippen LogP contribution in [0.15, 0.2) is 35.4 Å². The molecule has 0 spiro atoms. The second-order valence-electron chi connectivity index (χ2n) is 9.86. The van der Waals surface area contributed by atoms with E-state index >= 15 is 0 Å². The van der Waals surface area contributed by atoms with Gasteiger partial charge >= 0.3 is 0 Å². The molecule has 2 amide bonds. The van der Waals surface area contributed by atoms with Crippen LogP contribution in [0, 0.1) is 0 Å². The average Bonchev–Trinajstić information content (AvgIpc) is 3.53. The summed E-state index contributed by atoms with van der Waals surface area (Å²) in [6.07, 6.45) is 2.61. The molecule has 1 fully saturated rings. The first kappa shape index (κ1) is 27.1. The van der Waals surface area contributed by atoms with Crippen molar-refractivity contribution in [2.75, 3.05) is 33.4 Å². The van der Waals surface area contributed by atoms with E-state index in [1.54, 1.807) is 23.1 Å². The maximum Gasteiger partial charge on any atom is 0.247 e. The van der Waals surface area contributed by atoms with Crippen molar-refractivity contribution in [3.05, 3.63) is 46.6 Å². The van der Waals surface area contributed by atoms with Gasteiger partial charge in [0.25, 0.3) is 0 Å². The SMILES string of the molecule is COc1cc(CO)cc2c1O[C@@H]1[C@@H](O)[C@H](N(C[C@H]3CCCO3)C(=O)C=C(C)C)C=C(C(=O)NCCO)[C@H]21. The van der Waals surface area contributed by atoms with Crippen molar-refractivity contribution < 1.29 is 39.1 Å². The third kappa shape index (κ3) is 5.52. The number of carbonyl (C=O) groups is 2. The number of rotatable bonds is 9. The lowest BCUT2D eigenvalue weighted by Crippen LogP contribution is -2.56. The number of nitrogens with zero attached hydrogens (tertiary/aromatic N) is 1.